The molecule has 0 aromatic heterocycles. The van der Waals surface area contributed by atoms with Gasteiger partial charge in [0.1, 0.15) is 5.75 Å². The van der Waals surface area contributed by atoms with Crippen molar-refractivity contribution in [3.8, 4) is 0 Å². The Balaban J connectivity index is 1.63. The molecule has 0 aromatic carbocycles. The van der Waals surface area contributed by atoms with Crippen LogP contribution in [0, 0.1) is 5.92 Å². The van der Waals surface area contributed by atoms with Crippen molar-refractivity contribution in [2.24, 2.45) is 5.92 Å². The standard InChI is InChI=1S/C12H22N2O2S/c15-12(14-11-4-2-1-3-5-11)9-17(16)8-10-6-13-7-10/h10-11,13H,1-9H2,(H,14,15). The predicted molar refractivity (Wildman–Crippen MR) is 69.3 cm³/mol. The average molecular weight is 258 g/mol. The number of nitrogens with one attached hydrogen (secondary N) is 2. The van der Waals surface area contributed by atoms with Gasteiger partial charge in [-0.3, -0.25) is 9.00 Å². The smallest absolute Gasteiger partial charge is 0.232 e. The third-order valence-corrected chi connectivity index (χ3v) is 4.98. The van der Waals surface area contributed by atoms with Gasteiger partial charge in [0.2, 0.25) is 5.91 Å². The third kappa shape index (κ3) is 4.39. The van der Waals surface area contributed by atoms with Gasteiger partial charge in [0.05, 0.1) is 0 Å². The molecule has 4 nitrogen and oxygen atoms in total. The fourth-order valence-corrected chi connectivity index (χ4v) is 3.71. The third-order valence-electron chi connectivity index (χ3n) is 3.55. The topological polar surface area (TPSA) is 58.2 Å². The fraction of sp³-hybridized carbons (Fsp3) is 0.917. The van der Waals surface area contributed by atoms with Crippen molar-refractivity contribution in [1.82, 2.24) is 10.6 Å². The van der Waals surface area contributed by atoms with Crippen molar-refractivity contribution in [2.45, 2.75) is 38.1 Å². The van der Waals surface area contributed by atoms with E-state index >= 15 is 0 Å². The molecule has 1 saturated heterocycles. The van der Waals surface area contributed by atoms with Crippen molar-refractivity contribution >= 4 is 16.7 Å². The fourth-order valence-electron chi connectivity index (χ4n) is 2.45. The van der Waals surface area contributed by atoms with Crippen LogP contribution in [-0.2, 0) is 15.6 Å². The van der Waals surface area contributed by atoms with Gasteiger partial charge >= 0.3 is 0 Å². The molecule has 2 fully saturated rings. The minimum Gasteiger partial charge on any atom is -0.353 e. The van der Waals surface area contributed by atoms with Crippen LogP contribution < -0.4 is 10.6 Å². The van der Waals surface area contributed by atoms with Crippen LogP contribution >= 0.6 is 0 Å². The van der Waals surface area contributed by atoms with Gasteiger partial charge in [-0.15, -0.1) is 0 Å². The number of hydrogen-bond acceptors (Lipinski definition) is 3. The Morgan fingerprint density at radius 2 is 1.94 bits per heavy atom. The van der Waals surface area contributed by atoms with Crippen LogP contribution in [0.1, 0.15) is 32.1 Å². The summed E-state index contributed by atoms with van der Waals surface area (Å²) in [6.45, 7) is 1.91. The summed E-state index contributed by atoms with van der Waals surface area (Å²) in [5.41, 5.74) is 0. The van der Waals surface area contributed by atoms with Crippen LogP contribution in [0.15, 0.2) is 0 Å². The van der Waals surface area contributed by atoms with Crippen molar-refractivity contribution in [2.75, 3.05) is 24.6 Å². The molecule has 0 aromatic rings. The summed E-state index contributed by atoms with van der Waals surface area (Å²) in [6, 6.07) is 0.332. The number of hydrogen-bond donors (Lipinski definition) is 2. The highest BCUT2D eigenvalue weighted by molar-refractivity contribution is 7.85. The Kier molecular flexibility index (Phi) is 4.98. The Hall–Kier alpha value is -0.420. The molecule has 98 valence electrons. The lowest BCUT2D eigenvalue weighted by Crippen LogP contribution is -2.46. The van der Waals surface area contributed by atoms with Gasteiger partial charge in [-0.25, -0.2) is 0 Å². The van der Waals surface area contributed by atoms with Crippen molar-refractivity contribution in [1.29, 1.82) is 0 Å². The largest absolute Gasteiger partial charge is 0.353 e. The zero-order valence-corrected chi connectivity index (χ0v) is 11.1. The normalized spacial score (nSPS) is 24.0. The van der Waals surface area contributed by atoms with Gasteiger partial charge in [0.15, 0.2) is 0 Å². The summed E-state index contributed by atoms with van der Waals surface area (Å²) in [6.07, 6.45) is 5.88. The summed E-state index contributed by atoms with van der Waals surface area (Å²) in [5, 5.41) is 6.16. The maximum absolute atomic E-state index is 11.7. The average Bonchev–Trinajstić information content (AvgIpc) is 2.25. The molecule has 1 unspecified atom stereocenters. The molecule has 0 radical (unpaired) electrons. The molecule has 5 heteroatoms. The molecule has 1 amide bonds. The Bertz CT molecular complexity index is 286. The van der Waals surface area contributed by atoms with E-state index in [2.05, 4.69) is 10.6 Å². The Morgan fingerprint density at radius 3 is 2.53 bits per heavy atom. The molecule has 2 N–H and O–H groups in total. The molecule has 0 bridgehead atoms. The van der Waals surface area contributed by atoms with E-state index < -0.39 is 10.8 Å². The summed E-state index contributed by atoms with van der Waals surface area (Å²) in [5.74, 6) is 1.35. The lowest BCUT2D eigenvalue weighted by atomic mass is 9.95. The maximum Gasteiger partial charge on any atom is 0.232 e. The predicted octanol–water partition coefficient (Wildman–Crippen LogP) is 0.403. The zero-order valence-electron chi connectivity index (χ0n) is 10.2. The van der Waals surface area contributed by atoms with Crippen LogP contribution in [0.25, 0.3) is 0 Å². The molecule has 2 aliphatic rings. The van der Waals surface area contributed by atoms with Gasteiger partial charge in [0, 0.05) is 35.7 Å². The van der Waals surface area contributed by atoms with Crippen LogP contribution in [0.4, 0.5) is 0 Å². The molecule has 0 spiro atoms. The lowest BCUT2D eigenvalue weighted by molar-refractivity contribution is -0.119. The van der Waals surface area contributed by atoms with E-state index in [-0.39, 0.29) is 11.7 Å². The quantitative estimate of drug-likeness (QED) is 0.750. The first kappa shape index (κ1) is 13.0. The number of rotatable bonds is 5. The van der Waals surface area contributed by atoms with E-state index in [1.54, 1.807) is 0 Å². The summed E-state index contributed by atoms with van der Waals surface area (Å²) < 4.78 is 11.7. The molecule has 1 aliphatic heterocycles. The molecule has 17 heavy (non-hydrogen) atoms. The minimum absolute atomic E-state index is 0.0254. The summed E-state index contributed by atoms with van der Waals surface area (Å²) in [7, 11) is -0.985. The molecule has 1 heterocycles. The van der Waals surface area contributed by atoms with Crippen molar-refractivity contribution < 1.29 is 9.00 Å². The SMILES string of the molecule is O=C(CS(=O)CC1CNC1)NC1CCCCC1. The van der Waals surface area contributed by atoms with Gasteiger partial charge in [-0.2, -0.15) is 0 Å². The zero-order chi connectivity index (χ0) is 12.1. The van der Waals surface area contributed by atoms with Crippen molar-refractivity contribution in [3.63, 3.8) is 0 Å². The first-order chi connectivity index (χ1) is 8.24. The first-order valence-corrected chi connectivity index (χ1v) is 8.08. The highest BCUT2D eigenvalue weighted by atomic mass is 32.2. The molecule has 2 rings (SSSR count). The van der Waals surface area contributed by atoms with E-state index in [1.807, 2.05) is 0 Å². The van der Waals surface area contributed by atoms with Crippen molar-refractivity contribution in [3.05, 3.63) is 0 Å². The second kappa shape index (κ2) is 6.50. The molecular formula is C12H22N2O2S. The molecule has 1 aliphatic carbocycles. The van der Waals surface area contributed by atoms with Crippen LogP contribution in [0.3, 0.4) is 0 Å². The molecule has 1 atom stereocenters. The summed E-state index contributed by atoms with van der Waals surface area (Å²) in [4.78, 5) is 11.7. The van der Waals surface area contributed by atoms with Gasteiger partial charge in [-0.05, 0) is 18.8 Å². The van der Waals surface area contributed by atoms with Gasteiger partial charge in [0.25, 0.3) is 0 Å². The van der Waals surface area contributed by atoms with E-state index in [4.69, 9.17) is 0 Å². The van der Waals surface area contributed by atoms with Crippen LogP contribution in [0.2, 0.25) is 0 Å². The highest BCUT2D eigenvalue weighted by Crippen LogP contribution is 2.17. The van der Waals surface area contributed by atoms with E-state index in [0.717, 1.165) is 25.9 Å². The second-order valence-electron chi connectivity index (χ2n) is 5.18. The second-order valence-corrected chi connectivity index (χ2v) is 6.68. The van der Waals surface area contributed by atoms with E-state index in [1.165, 1.54) is 19.3 Å². The molecular weight excluding hydrogens is 236 g/mol. The Morgan fingerprint density at radius 1 is 1.24 bits per heavy atom. The van der Waals surface area contributed by atoms with Gasteiger partial charge < -0.3 is 10.6 Å². The monoisotopic (exact) mass is 258 g/mol. The van der Waals surface area contributed by atoms with E-state index in [9.17, 15) is 9.00 Å². The maximum atomic E-state index is 11.7. The van der Waals surface area contributed by atoms with E-state index in [0.29, 0.717) is 17.7 Å². The highest BCUT2D eigenvalue weighted by Gasteiger charge is 2.22. The number of carbonyl (C=O) groups excluding carboxylic acids is 1. The number of amides is 1. The van der Waals surface area contributed by atoms with Gasteiger partial charge in [-0.1, -0.05) is 19.3 Å². The molecule has 1 saturated carbocycles. The minimum atomic E-state index is -0.985. The lowest BCUT2D eigenvalue weighted by Gasteiger charge is -2.26. The van der Waals surface area contributed by atoms with Crippen LogP contribution in [0.5, 0.6) is 0 Å². The first-order valence-electron chi connectivity index (χ1n) is 6.59. The Labute approximate surface area is 105 Å². The summed E-state index contributed by atoms with van der Waals surface area (Å²) >= 11 is 0. The van der Waals surface area contributed by atoms with Crippen LogP contribution in [-0.4, -0.2) is 40.8 Å². The number of carbonyl (C=O) groups is 1.